The minimum Gasteiger partial charge on any atom is -0.322 e. The van der Waals surface area contributed by atoms with Gasteiger partial charge < -0.3 is 5.32 Å². The Morgan fingerprint density at radius 2 is 1.77 bits per heavy atom. The van der Waals surface area contributed by atoms with Crippen molar-refractivity contribution in [3.05, 3.63) is 88.7 Å². The van der Waals surface area contributed by atoms with Crippen LogP contribution in [0.3, 0.4) is 0 Å². The molecule has 0 atom stereocenters. The Morgan fingerprint density at radius 3 is 2.50 bits per heavy atom. The van der Waals surface area contributed by atoms with Crippen molar-refractivity contribution in [3.8, 4) is 0 Å². The van der Waals surface area contributed by atoms with Crippen molar-refractivity contribution < 1.29 is 13.2 Å². The van der Waals surface area contributed by atoms with Crippen molar-refractivity contribution in [1.82, 2.24) is 4.98 Å². The highest BCUT2D eigenvalue weighted by Gasteiger charge is 2.15. The Morgan fingerprint density at radius 1 is 1.00 bits per heavy atom. The Labute approximate surface area is 160 Å². The summed E-state index contributed by atoms with van der Waals surface area (Å²) in [6.45, 7) is 0. The van der Waals surface area contributed by atoms with Gasteiger partial charge in [-0.05, 0) is 51.8 Å². The van der Waals surface area contributed by atoms with Crippen LogP contribution in [0.2, 0.25) is 0 Å². The van der Waals surface area contributed by atoms with Gasteiger partial charge in [-0.1, -0.05) is 30.3 Å². The number of carbonyl (C=O) groups is 1. The highest BCUT2D eigenvalue weighted by Crippen LogP contribution is 2.19. The summed E-state index contributed by atoms with van der Waals surface area (Å²) in [6, 6.07) is 16.7. The van der Waals surface area contributed by atoms with Crippen molar-refractivity contribution in [2.45, 2.75) is 10.6 Å². The quantitative estimate of drug-likeness (QED) is 0.661. The Bertz CT molecular complexity index is 1040. The number of amides is 1. The zero-order valence-corrected chi connectivity index (χ0v) is 16.0. The number of sulfone groups is 1. The maximum absolute atomic E-state index is 12.5. The van der Waals surface area contributed by atoms with E-state index in [4.69, 9.17) is 0 Å². The molecule has 5 nitrogen and oxygen atoms in total. The van der Waals surface area contributed by atoms with E-state index in [1.165, 1.54) is 6.20 Å². The lowest BCUT2D eigenvalue weighted by Gasteiger charge is -2.09. The number of hydrogen-bond donors (Lipinski definition) is 1. The van der Waals surface area contributed by atoms with E-state index in [0.29, 0.717) is 21.3 Å². The molecule has 0 radical (unpaired) electrons. The number of aromatic nitrogens is 1. The summed E-state index contributed by atoms with van der Waals surface area (Å²) < 4.78 is 25.7. The molecule has 0 saturated heterocycles. The van der Waals surface area contributed by atoms with E-state index in [9.17, 15) is 13.2 Å². The van der Waals surface area contributed by atoms with E-state index in [1.807, 2.05) is 0 Å². The maximum atomic E-state index is 12.5. The van der Waals surface area contributed by atoms with Crippen LogP contribution in [0.1, 0.15) is 15.9 Å². The van der Waals surface area contributed by atoms with E-state index in [2.05, 4.69) is 26.2 Å². The number of pyridine rings is 1. The van der Waals surface area contributed by atoms with Gasteiger partial charge in [0.25, 0.3) is 5.91 Å². The number of rotatable bonds is 5. The number of hydrogen-bond acceptors (Lipinski definition) is 4. The Balaban J connectivity index is 1.77. The molecule has 3 rings (SSSR count). The van der Waals surface area contributed by atoms with Crippen molar-refractivity contribution in [2.75, 3.05) is 5.32 Å². The first-order valence-corrected chi connectivity index (χ1v) is 10.2. The molecule has 1 heterocycles. The number of nitrogens with zero attached hydrogens (tertiary/aromatic N) is 1. The molecule has 0 unspecified atom stereocenters. The molecule has 26 heavy (non-hydrogen) atoms. The van der Waals surface area contributed by atoms with E-state index < -0.39 is 9.84 Å². The molecule has 0 spiro atoms. The van der Waals surface area contributed by atoms with Crippen LogP contribution in [-0.2, 0) is 15.6 Å². The number of nitrogens with one attached hydrogen (secondary N) is 1. The van der Waals surface area contributed by atoms with Crippen LogP contribution in [0, 0.1) is 0 Å². The third-order valence-electron chi connectivity index (χ3n) is 3.61. The van der Waals surface area contributed by atoms with E-state index >= 15 is 0 Å². The lowest BCUT2D eigenvalue weighted by Crippen LogP contribution is -2.12. The number of halogens is 1. The molecule has 132 valence electrons. The Kier molecular flexibility index (Phi) is 5.49. The lowest BCUT2D eigenvalue weighted by atomic mass is 10.2. The van der Waals surface area contributed by atoms with Crippen molar-refractivity contribution >= 4 is 37.4 Å². The fourth-order valence-corrected chi connectivity index (χ4v) is 4.13. The van der Waals surface area contributed by atoms with Crippen molar-refractivity contribution in [2.24, 2.45) is 0 Å². The molecular weight excluding hydrogens is 416 g/mol. The summed E-state index contributed by atoms with van der Waals surface area (Å²) in [5.41, 5.74) is 1.52. The summed E-state index contributed by atoms with van der Waals surface area (Å²) in [6.07, 6.45) is 3.05. The van der Waals surface area contributed by atoms with Gasteiger partial charge in [-0.2, -0.15) is 0 Å². The summed E-state index contributed by atoms with van der Waals surface area (Å²) in [5, 5.41) is 2.76. The lowest BCUT2D eigenvalue weighted by molar-refractivity contribution is 0.102. The first-order chi connectivity index (χ1) is 12.4. The predicted molar refractivity (Wildman–Crippen MR) is 104 cm³/mol. The zero-order chi connectivity index (χ0) is 18.6. The van der Waals surface area contributed by atoms with Crippen molar-refractivity contribution in [1.29, 1.82) is 0 Å². The van der Waals surface area contributed by atoms with Gasteiger partial charge >= 0.3 is 0 Å². The summed E-state index contributed by atoms with van der Waals surface area (Å²) in [4.78, 5) is 16.5. The second-order valence-electron chi connectivity index (χ2n) is 5.62. The van der Waals surface area contributed by atoms with Crippen LogP contribution < -0.4 is 5.32 Å². The SMILES string of the molecule is O=C(Nc1cccc(CS(=O)(=O)c2ccccc2)c1)c1cncc(Br)c1. The summed E-state index contributed by atoms with van der Waals surface area (Å²) in [5.74, 6) is -0.457. The fraction of sp³-hybridized carbons (Fsp3) is 0.0526. The van der Waals surface area contributed by atoms with Gasteiger partial charge in [0.05, 0.1) is 16.2 Å². The molecule has 2 aromatic carbocycles. The van der Waals surface area contributed by atoms with Crippen LogP contribution in [0.4, 0.5) is 5.69 Å². The number of benzene rings is 2. The smallest absolute Gasteiger partial charge is 0.257 e. The third-order valence-corrected chi connectivity index (χ3v) is 5.75. The highest BCUT2D eigenvalue weighted by atomic mass is 79.9. The first kappa shape index (κ1) is 18.3. The molecule has 0 aliphatic carbocycles. The zero-order valence-electron chi connectivity index (χ0n) is 13.6. The molecule has 0 fully saturated rings. The minimum absolute atomic E-state index is 0.140. The molecule has 0 bridgehead atoms. The van der Waals surface area contributed by atoms with Crippen LogP contribution in [0.15, 0.2) is 82.4 Å². The second kappa shape index (κ2) is 7.80. The van der Waals surface area contributed by atoms with E-state index in [0.717, 1.165) is 0 Å². The standard InChI is InChI=1S/C19H15BrN2O3S/c20-16-10-15(11-21-12-16)19(23)22-17-6-4-5-14(9-17)13-26(24,25)18-7-2-1-3-8-18/h1-12H,13H2,(H,22,23). The third kappa shape index (κ3) is 4.56. The van der Waals surface area contributed by atoms with Gasteiger partial charge in [-0.3, -0.25) is 9.78 Å². The number of carbonyl (C=O) groups excluding carboxylic acids is 1. The number of anilines is 1. The molecule has 0 saturated carbocycles. The molecule has 0 aliphatic rings. The monoisotopic (exact) mass is 430 g/mol. The highest BCUT2D eigenvalue weighted by molar-refractivity contribution is 9.10. The average Bonchev–Trinajstić information content (AvgIpc) is 2.62. The summed E-state index contributed by atoms with van der Waals surface area (Å²) >= 11 is 3.27. The Hall–Kier alpha value is -2.51. The molecule has 1 aromatic heterocycles. The fourth-order valence-electron chi connectivity index (χ4n) is 2.41. The molecule has 7 heteroatoms. The maximum Gasteiger partial charge on any atom is 0.257 e. The normalized spacial score (nSPS) is 11.1. The minimum atomic E-state index is -3.45. The van der Waals surface area contributed by atoms with Gasteiger partial charge in [0.1, 0.15) is 0 Å². The molecule has 3 aromatic rings. The molecule has 1 N–H and O–H groups in total. The van der Waals surface area contributed by atoms with Crippen molar-refractivity contribution in [3.63, 3.8) is 0 Å². The van der Waals surface area contributed by atoms with Gasteiger partial charge in [0.15, 0.2) is 9.84 Å². The predicted octanol–water partition coefficient (Wildman–Crippen LogP) is 4.07. The largest absolute Gasteiger partial charge is 0.322 e. The summed E-state index contributed by atoms with van der Waals surface area (Å²) in [7, 11) is -3.45. The molecule has 1 amide bonds. The van der Waals surface area contributed by atoms with Crippen LogP contribution in [0.5, 0.6) is 0 Å². The van der Waals surface area contributed by atoms with Crippen LogP contribution >= 0.6 is 15.9 Å². The van der Waals surface area contributed by atoms with Gasteiger partial charge in [0.2, 0.25) is 0 Å². The van der Waals surface area contributed by atoms with Crippen LogP contribution in [0.25, 0.3) is 0 Å². The van der Waals surface area contributed by atoms with E-state index in [-0.39, 0.29) is 16.6 Å². The average molecular weight is 431 g/mol. The van der Waals surface area contributed by atoms with E-state index in [1.54, 1.807) is 66.9 Å². The van der Waals surface area contributed by atoms with Gasteiger partial charge in [0, 0.05) is 22.6 Å². The topological polar surface area (TPSA) is 76.1 Å². The second-order valence-corrected chi connectivity index (χ2v) is 8.52. The first-order valence-electron chi connectivity index (χ1n) is 7.73. The molecule has 0 aliphatic heterocycles. The van der Waals surface area contributed by atoms with Gasteiger partial charge in [-0.25, -0.2) is 8.42 Å². The van der Waals surface area contributed by atoms with Crippen LogP contribution in [-0.4, -0.2) is 19.3 Å². The molecular formula is C19H15BrN2O3S. The van der Waals surface area contributed by atoms with Gasteiger partial charge in [-0.15, -0.1) is 0 Å².